The van der Waals surface area contributed by atoms with Crippen LogP contribution in [0.25, 0.3) is 0 Å². The van der Waals surface area contributed by atoms with E-state index in [2.05, 4.69) is 10.2 Å². The topological polar surface area (TPSA) is 58.4 Å². The van der Waals surface area contributed by atoms with E-state index in [1.807, 2.05) is 0 Å². The first-order chi connectivity index (χ1) is 7.75. The number of carbonyl (C=O) groups excluding carboxylic acids is 1. The van der Waals surface area contributed by atoms with E-state index in [0.717, 1.165) is 26.1 Å². The first-order valence-electron chi connectivity index (χ1n) is 6.51. The Balaban J connectivity index is 1.65. The van der Waals surface area contributed by atoms with Crippen molar-refractivity contribution in [3.8, 4) is 0 Å². The van der Waals surface area contributed by atoms with E-state index in [1.165, 1.54) is 32.2 Å². The molecule has 0 spiro atoms. The summed E-state index contributed by atoms with van der Waals surface area (Å²) in [7, 11) is 0. The van der Waals surface area contributed by atoms with Crippen molar-refractivity contribution in [2.24, 2.45) is 11.7 Å². The fourth-order valence-electron chi connectivity index (χ4n) is 2.78. The molecule has 2 fully saturated rings. The van der Waals surface area contributed by atoms with Crippen LogP contribution in [0.15, 0.2) is 0 Å². The summed E-state index contributed by atoms with van der Waals surface area (Å²) in [6, 6.07) is 0.696. The minimum Gasteiger partial charge on any atom is -0.369 e. The second kappa shape index (κ2) is 5.64. The summed E-state index contributed by atoms with van der Waals surface area (Å²) in [6.45, 7) is 4.21. The molecule has 2 saturated heterocycles. The van der Waals surface area contributed by atoms with Crippen molar-refractivity contribution < 1.29 is 4.79 Å². The molecule has 3 N–H and O–H groups in total. The van der Waals surface area contributed by atoms with Crippen LogP contribution >= 0.6 is 0 Å². The van der Waals surface area contributed by atoms with Gasteiger partial charge in [-0.3, -0.25) is 4.79 Å². The van der Waals surface area contributed by atoms with Gasteiger partial charge in [-0.15, -0.1) is 0 Å². The van der Waals surface area contributed by atoms with Crippen LogP contribution in [-0.4, -0.2) is 43.0 Å². The molecular weight excluding hydrogens is 202 g/mol. The Morgan fingerprint density at radius 2 is 2.25 bits per heavy atom. The third kappa shape index (κ3) is 3.19. The molecule has 0 aromatic heterocycles. The molecule has 0 radical (unpaired) electrons. The summed E-state index contributed by atoms with van der Waals surface area (Å²) in [5, 5.41) is 3.56. The van der Waals surface area contributed by atoms with Crippen molar-refractivity contribution in [2.45, 2.75) is 38.1 Å². The lowest BCUT2D eigenvalue weighted by Crippen LogP contribution is -2.37. The van der Waals surface area contributed by atoms with Crippen LogP contribution in [0.4, 0.5) is 0 Å². The average Bonchev–Trinajstić information content (AvgIpc) is 2.76. The second-order valence-electron chi connectivity index (χ2n) is 5.12. The van der Waals surface area contributed by atoms with E-state index in [4.69, 9.17) is 5.73 Å². The van der Waals surface area contributed by atoms with Gasteiger partial charge in [0, 0.05) is 12.6 Å². The van der Waals surface area contributed by atoms with Crippen molar-refractivity contribution in [1.82, 2.24) is 10.2 Å². The van der Waals surface area contributed by atoms with Crippen molar-refractivity contribution in [1.29, 1.82) is 0 Å². The first-order valence-corrected chi connectivity index (χ1v) is 6.51. The molecule has 4 heteroatoms. The number of rotatable bonds is 4. The highest BCUT2D eigenvalue weighted by atomic mass is 16.1. The minimum absolute atomic E-state index is 0.0966. The maximum absolute atomic E-state index is 11.0. The van der Waals surface area contributed by atoms with E-state index in [1.54, 1.807) is 0 Å². The standard InChI is InChI=1S/C12H23N3O/c13-12(16)10-4-7-15(9-10)8-5-11-3-1-2-6-14-11/h10-11,14H,1-9H2,(H2,13,16). The van der Waals surface area contributed by atoms with E-state index >= 15 is 0 Å². The lowest BCUT2D eigenvalue weighted by molar-refractivity contribution is -0.121. The predicted octanol–water partition coefficient (Wildman–Crippen LogP) is 0.326. The molecule has 4 nitrogen and oxygen atoms in total. The van der Waals surface area contributed by atoms with Crippen LogP contribution < -0.4 is 11.1 Å². The van der Waals surface area contributed by atoms with Gasteiger partial charge in [0.1, 0.15) is 0 Å². The third-order valence-corrected chi connectivity index (χ3v) is 3.88. The predicted molar refractivity (Wildman–Crippen MR) is 64.0 cm³/mol. The highest BCUT2D eigenvalue weighted by Crippen LogP contribution is 2.17. The number of carbonyl (C=O) groups is 1. The molecule has 0 aliphatic carbocycles. The van der Waals surface area contributed by atoms with Gasteiger partial charge in [0.2, 0.25) is 5.91 Å². The maximum Gasteiger partial charge on any atom is 0.221 e. The Labute approximate surface area is 97.6 Å². The summed E-state index contributed by atoms with van der Waals surface area (Å²) in [4.78, 5) is 13.4. The van der Waals surface area contributed by atoms with Gasteiger partial charge in [0.25, 0.3) is 0 Å². The summed E-state index contributed by atoms with van der Waals surface area (Å²) in [6.07, 6.45) is 6.16. The van der Waals surface area contributed by atoms with Crippen LogP contribution in [0.5, 0.6) is 0 Å². The quantitative estimate of drug-likeness (QED) is 0.725. The summed E-state index contributed by atoms with van der Waals surface area (Å²) in [5.41, 5.74) is 5.32. The molecule has 0 bridgehead atoms. The number of amides is 1. The molecule has 0 aromatic carbocycles. The van der Waals surface area contributed by atoms with Gasteiger partial charge in [0.15, 0.2) is 0 Å². The van der Waals surface area contributed by atoms with Crippen molar-refractivity contribution in [3.63, 3.8) is 0 Å². The first kappa shape index (κ1) is 11.9. The number of piperidine rings is 1. The zero-order valence-electron chi connectivity index (χ0n) is 9.95. The monoisotopic (exact) mass is 225 g/mol. The number of likely N-dealkylation sites (tertiary alicyclic amines) is 1. The van der Waals surface area contributed by atoms with Crippen LogP contribution in [0.2, 0.25) is 0 Å². The molecule has 2 atom stereocenters. The summed E-state index contributed by atoms with van der Waals surface area (Å²) < 4.78 is 0. The number of nitrogens with zero attached hydrogens (tertiary/aromatic N) is 1. The molecule has 2 aliphatic rings. The van der Waals surface area contributed by atoms with Gasteiger partial charge >= 0.3 is 0 Å². The Morgan fingerprint density at radius 3 is 2.88 bits per heavy atom. The van der Waals surface area contributed by atoms with Gasteiger partial charge in [-0.05, 0) is 45.3 Å². The zero-order chi connectivity index (χ0) is 11.4. The zero-order valence-corrected chi connectivity index (χ0v) is 9.95. The van der Waals surface area contributed by atoms with Gasteiger partial charge in [0.05, 0.1) is 5.92 Å². The maximum atomic E-state index is 11.0. The van der Waals surface area contributed by atoms with E-state index in [9.17, 15) is 4.79 Å². The molecule has 2 aliphatic heterocycles. The number of primary amides is 1. The molecule has 2 rings (SSSR count). The smallest absolute Gasteiger partial charge is 0.221 e. The van der Waals surface area contributed by atoms with Crippen molar-refractivity contribution >= 4 is 5.91 Å². The van der Waals surface area contributed by atoms with Gasteiger partial charge < -0.3 is 16.0 Å². The highest BCUT2D eigenvalue weighted by molar-refractivity contribution is 5.77. The Bertz CT molecular complexity index is 238. The number of hydrogen-bond acceptors (Lipinski definition) is 3. The average molecular weight is 225 g/mol. The lowest BCUT2D eigenvalue weighted by Gasteiger charge is -2.25. The third-order valence-electron chi connectivity index (χ3n) is 3.88. The van der Waals surface area contributed by atoms with E-state index in [0.29, 0.717) is 6.04 Å². The van der Waals surface area contributed by atoms with Gasteiger partial charge in [-0.1, -0.05) is 6.42 Å². The van der Waals surface area contributed by atoms with E-state index < -0.39 is 0 Å². The summed E-state index contributed by atoms with van der Waals surface area (Å²) >= 11 is 0. The Hall–Kier alpha value is -0.610. The SMILES string of the molecule is NC(=O)C1CCN(CCC2CCCCN2)C1. The van der Waals surface area contributed by atoms with Crippen LogP contribution in [0.1, 0.15) is 32.1 Å². The van der Waals surface area contributed by atoms with Gasteiger partial charge in [-0.2, -0.15) is 0 Å². The highest BCUT2D eigenvalue weighted by Gasteiger charge is 2.26. The largest absolute Gasteiger partial charge is 0.369 e. The van der Waals surface area contributed by atoms with Crippen LogP contribution in [0, 0.1) is 5.92 Å². The second-order valence-corrected chi connectivity index (χ2v) is 5.12. The number of hydrogen-bond donors (Lipinski definition) is 2. The van der Waals surface area contributed by atoms with Crippen LogP contribution in [-0.2, 0) is 4.79 Å². The molecule has 1 amide bonds. The Morgan fingerprint density at radius 1 is 1.38 bits per heavy atom. The summed E-state index contributed by atoms with van der Waals surface area (Å²) in [5.74, 6) is -0.0300. The molecule has 0 aromatic rings. The number of nitrogens with two attached hydrogens (primary N) is 1. The van der Waals surface area contributed by atoms with E-state index in [-0.39, 0.29) is 11.8 Å². The molecule has 92 valence electrons. The molecule has 16 heavy (non-hydrogen) atoms. The normalized spacial score (nSPS) is 31.8. The fraction of sp³-hybridized carbons (Fsp3) is 0.917. The minimum atomic E-state index is -0.127. The van der Waals surface area contributed by atoms with Crippen molar-refractivity contribution in [2.75, 3.05) is 26.2 Å². The molecule has 2 unspecified atom stereocenters. The van der Waals surface area contributed by atoms with Crippen molar-refractivity contribution in [3.05, 3.63) is 0 Å². The molecular formula is C12H23N3O. The lowest BCUT2D eigenvalue weighted by atomic mass is 10.0. The molecule has 2 heterocycles. The number of nitrogens with one attached hydrogen (secondary N) is 1. The molecule has 0 saturated carbocycles. The van der Waals surface area contributed by atoms with Gasteiger partial charge in [-0.25, -0.2) is 0 Å². The Kier molecular flexibility index (Phi) is 4.18. The van der Waals surface area contributed by atoms with Crippen LogP contribution in [0.3, 0.4) is 0 Å². The fourth-order valence-corrected chi connectivity index (χ4v) is 2.78.